The predicted molar refractivity (Wildman–Crippen MR) is 69.0 cm³/mol. The summed E-state index contributed by atoms with van der Waals surface area (Å²) in [6.07, 6.45) is 0. The van der Waals surface area contributed by atoms with E-state index in [-0.39, 0.29) is 0 Å². The lowest BCUT2D eigenvalue weighted by atomic mass is 10.4. The number of nitrogens with zero attached hydrogens (tertiary/aromatic N) is 3. The quantitative estimate of drug-likeness (QED) is 0.873. The smallest absolute Gasteiger partial charge is 0.197 e. The number of rotatable bonds is 2. The van der Waals surface area contributed by atoms with Crippen LogP contribution in [0.25, 0.3) is 0 Å². The fourth-order valence-corrected chi connectivity index (χ4v) is 1.97. The van der Waals surface area contributed by atoms with Crippen molar-refractivity contribution in [2.75, 3.05) is 18.4 Å². The number of aliphatic imine (C=N–C) groups is 1. The van der Waals surface area contributed by atoms with Crippen LogP contribution in [-0.2, 0) is 0 Å². The maximum absolute atomic E-state index is 4.48. The second-order valence-electron chi connectivity index (χ2n) is 4.07. The molecule has 0 spiro atoms. The van der Waals surface area contributed by atoms with E-state index in [1.807, 2.05) is 11.6 Å². The number of guanidine groups is 1. The van der Waals surface area contributed by atoms with Crippen molar-refractivity contribution in [3.05, 3.63) is 10.2 Å². The first-order valence-electron chi connectivity index (χ1n) is 5.39. The highest BCUT2D eigenvalue weighted by molar-refractivity contribution is 9.10. The Kier molecular flexibility index (Phi) is 3.18. The molecule has 2 rings (SSSR count). The highest BCUT2D eigenvalue weighted by atomic mass is 79.9. The third-order valence-corrected chi connectivity index (χ3v) is 3.36. The minimum atomic E-state index is 0.314. The molecule has 0 radical (unpaired) electrons. The van der Waals surface area contributed by atoms with E-state index in [4.69, 9.17) is 0 Å². The Bertz CT molecular complexity index is 421. The molecule has 1 aromatic heterocycles. The van der Waals surface area contributed by atoms with Crippen molar-refractivity contribution >= 4 is 27.7 Å². The van der Waals surface area contributed by atoms with Crippen molar-refractivity contribution in [2.45, 2.75) is 26.8 Å². The summed E-state index contributed by atoms with van der Waals surface area (Å²) < 4.78 is 2.96. The molecule has 0 unspecified atom stereocenters. The number of aromatic nitrogens is 2. The number of nitrogens with one attached hydrogen (secondary N) is 2. The normalized spacial score (nSPS) is 15.2. The maximum Gasteiger partial charge on any atom is 0.197 e. The van der Waals surface area contributed by atoms with Crippen molar-refractivity contribution in [1.29, 1.82) is 0 Å². The van der Waals surface area contributed by atoms with Gasteiger partial charge in [0, 0.05) is 12.6 Å². The molecule has 0 aliphatic carbocycles. The van der Waals surface area contributed by atoms with Crippen LogP contribution in [0.3, 0.4) is 0 Å². The van der Waals surface area contributed by atoms with E-state index < -0.39 is 0 Å². The highest BCUT2D eigenvalue weighted by Crippen LogP contribution is 2.28. The van der Waals surface area contributed by atoms with Crippen molar-refractivity contribution in [2.24, 2.45) is 4.99 Å². The van der Waals surface area contributed by atoms with Crippen LogP contribution in [0.2, 0.25) is 0 Å². The second kappa shape index (κ2) is 4.45. The van der Waals surface area contributed by atoms with E-state index in [1.165, 1.54) is 0 Å². The van der Waals surface area contributed by atoms with Gasteiger partial charge in [0.05, 0.1) is 16.7 Å². The molecule has 5 nitrogen and oxygen atoms in total. The molecular weight excluding hydrogens is 270 g/mol. The lowest BCUT2D eigenvalue weighted by Crippen LogP contribution is -2.27. The molecule has 0 saturated carbocycles. The first-order valence-corrected chi connectivity index (χ1v) is 6.19. The van der Waals surface area contributed by atoms with Crippen molar-refractivity contribution in [3.63, 3.8) is 0 Å². The van der Waals surface area contributed by atoms with Gasteiger partial charge >= 0.3 is 0 Å². The van der Waals surface area contributed by atoms with E-state index in [2.05, 4.69) is 50.5 Å². The zero-order chi connectivity index (χ0) is 11.7. The van der Waals surface area contributed by atoms with Crippen LogP contribution in [0.15, 0.2) is 9.47 Å². The Morgan fingerprint density at radius 3 is 2.81 bits per heavy atom. The van der Waals surface area contributed by atoms with Crippen LogP contribution < -0.4 is 10.6 Å². The first kappa shape index (κ1) is 11.4. The largest absolute Gasteiger partial charge is 0.354 e. The van der Waals surface area contributed by atoms with Crippen LogP contribution >= 0.6 is 15.9 Å². The summed E-state index contributed by atoms with van der Waals surface area (Å²) in [4.78, 5) is 4.31. The van der Waals surface area contributed by atoms with Crippen LogP contribution in [0.1, 0.15) is 25.6 Å². The summed E-state index contributed by atoms with van der Waals surface area (Å²) in [5.41, 5.74) is 0.981. The highest BCUT2D eigenvalue weighted by Gasteiger charge is 2.17. The third kappa shape index (κ3) is 2.07. The van der Waals surface area contributed by atoms with Crippen LogP contribution in [0, 0.1) is 6.92 Å². The lowest BCUT2D eigenvalue weighted by Gasteiger charge is -2.13. The predicted octanol–water partition coefficient (Wildman–Crippen LogP) is 1.91. The molecule has 1 aliphatic heterocycles. The molecule has 2 heterocycles. The minimum absolute atomic E-state index is 0.314. The number of anilines is 1. The molecular formula is C10H16BrN5. The Labute approximate surface area is 103 Å². The van der Waals surface area contributed by atoms with Gasteiger partial charge in [-0.2, -0.15) is 5.10 Å². The summed E-state index contributed by atoms with van der Waals surface area (Å²) >= 11 is 3.55. The lowest BCUT2D eigenvalue weighted by molar-refractivity contribution is 0.536. The zero-order valence-electron chi connectivity index (χ0n) is 9.71. The average molecular weight is 286 g/mol. The number of hydrogen-bond donors (Lipinski definition) is 2. The van der Waals surface area contributed by atoms with E-state index in [9.17, 15) is 0 Å². The minimum Gasteiger partial charge on any atom is -0.354 e. The fourth-order valence-electron chi connectivity index (χ4n) is 1.61. The van der Waals surface area contributed by atoms with Gasteiger partial charge in [-0.05, 0) is 36.7 Å². The van der Waals surface area contributed by atoms with Crippen LogP contribution in [0.4, 0.5) is 5.82 Å². The van der Waals surface area contributed by atoms with Gasteiger partial charge in [-0.25, -0.2) is 4.68 Å². The second-order valence-corrected chi connectivity index (χ2v) is 4.86. The molecule has 1 aromatic rings. The van der Waals surface area contributed by atoms with Gasteiger partial charge in [0.15, 0.2) is 5.96 Å². The van der Waals surface area contributed by atoms with E-state index in [0.717, 1.165) is 35.0 Å². The molecule has 1 aliphatic rings. The SMILES string of the molecule is Cc1nn(C(C)C)c(NC2=NCCN2)c1Br. The van der Waals surface area contributed by atoms with Crippen molar-refractivity contribution < 1.29 is 0 Å². The molecule has 0 saturated heterocycles. The number of aryl methyl sites for hydroxylation is 1. The summed E-state index contributed by atoms with van der Waals surface area (Å²) in [6.45, 7) is 7.92. The first-order chi connectivity index (χ1) is 7.59. The standard InChI is InChI=1S/C10H16BrN5/c1-6(2)16-9(8(11)7(3)15-16)14-10-12-4-5-13-10/h6H,4-5H2,1-3H3,(H2,12,13,14). The monoisotopic (exact) mass is 285 g/mol. The molecule has 0 atom stereocenters. The topological polar surface area (TPSA) is 54.2 Å². The van der Waals surface area contributed by atoms with Gasteiger partial charge in [-0.15, -0.1) is 0 Å². The zero-order valence-corrected chi connectivity index (χ0v) is 11.3. The molecule has 88 valence electrons. The van der Waals surface area contributed by atoms with E-state index in [0.29, 0.717) is 6.04 Å². The van der Waals surface area contributed by atoms with Gasteiger partial charge in [0.1, 0.15) is 5.82 Å². The molecule has 0 fully saturated rings. The Hall–Kier alpha value is -1.04. The third-order valence-electron chi connectivity index (χ3n) is 2.41. The Morgan fingerprint density at radius 1 is 1.50 bits per heavy atom. The van der Waals surface area contributed by atoms with Gasteiger partial charge < -0.3 is 10.6 Å². The Balaban J connectivity index is 2.30. The molecule has 2 N–H and O–H groups in total. The summed E-state index contributed by atoms with van der Waals surface area (Å²) in [6, 6.07) is 0.314. The van der Waals surface area contributed by atoms with Gasteiger partial charge in [0.25, 0.3) is 0 Å². The molecule has 16 heavy (non-hydrogen) atoms. The van der Waals surface area contributed by atoms with Crippen LogP contribution in [-0.4, -0.2) is 28.8 Å². The van der Waals surface area contributed by atoms with Gasteiger partial charge in [0.2, 0.25) is 0 Å². The van der Waals surface area contributed by atoms with Gasteiger partial charge in [-0.1, -0.05) is 0 Å². The molecule has 0 amide bonds. The fraction of sp³-hybridized carbons (Fsp3) is 0.600. The summed E-state index contributed by atoms with van der Waals surface area (Å²) in [7, 11) is 0. The molecule has 0 aromatic carbocycles. The number of halogens is 1. The molecule has 6 heteroatoms. The average Bonchev–Trinajstić information content (AvgIpc) is 2.81. The van der Waals surface area contributed by atoms with E-state index in [1.54, 1.807) is 0 Å². The van der Waals surface area contributed by atoms with E-state index >= 15 is 0 Å². The maximum atomic E-state index is 4.48. The summed E-state index contributed by atoms with van der Waals surface area (Å²) in [5, 5.41) is 10.9. The van der Waals surface area contributed by atoms with Crippen LogP contribution in [0.5, 0.6) is 0 Å². The summed E-state index contributed by atoms with van der Waals surface area (Å²) in [5.74, 6) is 1.78. The van der Waals surface area contributed by atoms with Gasteiger partial charge in [-0.3, -0.25) is 4.99 Å². The molecule has 0 bridgehead atoms. The van der Waals surface area contributed by atoms with Crippen molar-refractivity contribution in [1.82, 2.24) is 15.1 Å². The Morgan fingerprint density at radius 2 is 2.25 bits per heavy atom. The number of hydrogen-bond acceptors (Lipinski definition) is 4. The van der Waals surface area contributed by atoms with Crippen molar-refractivity contribution in [3.8, 4) is 0 Å².